The molecule has 0 spiro atoms. The highest BCUT2D eigenvalue weighted by Gasteiger charge is 2.37. The molecule has 2 heterocycles. The molecule has 2 aromatic carbocycles. The predicted octanol–water partition coefficient (Wildman–Crippen LogP) is 4.77. The van der Waals surface area contributed by atoms with E-state index in [4.69, 9.17) is 4.74 Å². The number of nitrogens with zero attached hydrogens (tertiary/aromatic N) is 2. The van der Waals surface area contributed by atoms with Crippen LogP contribution in [-0.4, -0.2) is 28.3 Å². The largest absolute Gasteiger partial charge is 0.459 e. The van der Waals surface area contributed by atoms with E-state index in [2.05, 4.69) is 17.1 Å². The molecule has 154 valence electrons. The van der Waals surface area contributed by atoms with Gasteiger partial charge in [-0.15, -0.1) is 11.3 Å². The average molecular weight is 421 g/mol. The van der Waals surface area contributed by atoms with E-state index < -0.39 is 5.92 Å². The Kier molecular flexibility index (Phi) is 5.95. The lowest BCUT2D eigenvalue weighted by atomic mass is 10.1. The molecule has 0 N–H and O–H groups in total. The first-order chi connectivity index (χ1) is 14.5. The number of ether oxygens (including phenoxy) is 1. The number of carbonyl (C=O) groups is 2. The van der Waals surface area contributed by atoms with Crippen LogP contribution < -0.4 is 0 Å². The van der Waals surface area contributed by atoms with Gasteiger partial charge in [0.2, 0.25) is 5.91 Å². The highest BCUT2D eigenvalue weighted by molar-refractivity contribution is 7.13. The van der Waals surface area contributed by atoms with Crippen molar-refractivity contribution in [2.24, 2.45) is 5.92 Å². The normalized spacial score (nSPS) is 17.2. The maximum atomic E-state index is 12.6. The Bertz CT molecular complexity index is 1030. The average Bonchev–Trinajstić information content (AvgIpc) is 3.39. The molecule has 1 aromatic heterocycles. The molecule has 0 bridgehead atoms. The summed E-state index contributed by atoms with van der Waals surface area (Å²) in [5, 5.41) is 2.81. The van der Waals surface area contributed by atoms with E-state index in [9.17, 15) is 9.59 Å². The number of amides is 1. The van der Waals surface area contributed by atoms with Crippen LogP contribution >= 0.6 is 11.3 Å². The summed E-state index contributed by atoms with van der Waals surface area (Å²) in [5.41, 5.74) is 4.04. The molecule has 0 radical (unpaired) electrons. The van der Waals surface area contributed by atoms with E-state index in [0.717, 1.165) is 21.8 Å². The fourth-order valence-corrected chi connectivity index (χ4v) is 4.45. The van der Waals surface area contributed by atoms with Gasteiger partial charge in [-0.2, -0.15) is 0 Å². The summed E-state index contributed by atoms with van der Waals surface area (Å²) in [6, 6.07) is 18.0. The first-order valence-corrected chi connectivity index (χ1v) is 10.9. The Morgan fingerprint density at radius 2 is 1.93 bits per heavy atom. The molecule has 3 aromatic rings. The third-order valence-corrected chi connectivity index (χ3v) is 6.39. The number of benzene rings is 2. The molecule has 2 atom stereocenters. The molecule has 5 nitrogen and oxygen atoms in total. The quantitative estimate of drug-likeness (QED) is 0.539. The molecular weight excluding hydrogens is 396 g/mol. The summed E-state index contributed by atoms with van der Waals surface area (Å²) >= 11 is 1.53. The summed E-state index contributed by atoms with van der Waals surface area (Å²) in [5.74, 6) is -0.779. The molecule has 0 unspecified atom stereocenters. The molecule has 0 aliphatic carbocycles. The molecule has 30 heavy (non-hydrogen) atoms. The molecule has 1 fully saturated rings. The second-order valence-electron chi connectivity index (χ2n) is 7.65. The lowest BCUT2D eigenvalue weighted by Gasteiger charge is -2.25. The maximum Gasteiger partial charge on any atom is 0.311 e. The Balaban J connectivity index is 1.34. The smallest absolute Gasteiger partial charge is 0.311 e. The summed E-state index contributed by atoms with van der Waals surface area (Å²) in [4.78, 5) is 31.4. The SMILES string of the molecule is Cc1ccc(-c2nc(COC(=O)[C@H]3CC(=O)N([C@@H](C)c4ccccc4)C3)cs2)cc1. The van der Waals surface area contributed by atoms with Crippen molar-refractivity contribution in [1.82, 2.24) is 9.88 Å². The summed E-state index contributed by atoms with van der Waals surface area (Å²) in [6.45, 7) is 4.55. The fourth-order valence-electron chi connectivity index (χ4n) is 3.64. The minimum Gasteiger partial charge on any atom is -0.459 e. The Morgan fingerprint density at radius 3 is 2.67 bits per heavy atom. The molecule has 1 amide bonds. The second kappa shape index (κ2) is 8.79. The highest BCUT2D eigenvalue weighted by Crippen LogP contribution is 2.29. The van der Waals surface area contributed by atoms with Gasteiger partial charge >= 0.3 is 5.97 Å². The van der Waals surface area contributed by atoms with Crippen LogP contribution in [0.25, 0.3) is 10.6 Å². The molecule has 1 saturated heterocycles. The molecular formula is C24H24N2O3S. The van der Waals surface area contributed by atoms with Gasteiger partial charge in [-0.1, -0.05) is 60.2 Å². The highest BCUT2D eigenvalue weighted by atomic mass is 32.1. The topological polar surface area (TPSA) is 59.5 Å². The molecule has 4 rings (SSSR count). The number of thiazole rings is 1. The number of hydrogen-bond donors (Lipinski definition) is 0. The number of carbonyl (C=O) groups excluding carboxylic acids is 2. The van der Waals surface area contributed by atoms with Gasteiger partial charge in [0.05, 0.1) is 17.7 Å². The molecule has 1 aliphatic rings. The minimum absolute atomic E-state index is 0.0105. The minimum atomic E-state index is -0.432. The number of esters is 1. The van der Waals surface area contributed by atoms with Crippen molar-refractivity contribution in [3.05, 3.63) is 76.8 Å². The van der Waals surface area contributed by atoms with Crippen LogP contribution in [0.3, 0.4) is 0 Å². The van der Waals surface area contributed by atoms with Gasteiger partial charge in [0.1, 0.15) is 11.6 Å². The first kappa shape index (κ1) is 20.3. The van der Waals surface area contributed by atoms with Crippen LogP contribution in [0.2, 0.25) is 0 Å². The zero-order valence-electron chi connectivity index (χ0n) is 17.1. The van der Waals surface area contributed by atoms with Crippen molar-refractivity contribution in [3.63, 3.8) is 0 Å². The third kappa shape index (κ3) is 4.44. The van der Waals surface area contributed by atoms with Crippen LogP contribution in [0.5, 0.6) is 0 Å². The number of aromatic nitrogens is 1. The van der Waals surface area contributed by atoms with Crippen LogP contribution in [-0.2, 0) is 20.9 Å². The van der Waals surface area contributed by atoms with E-state index in [1.54, 1.807) is 4.90 Å². The van der Waals surface area contributed by atoms with E-state index in [1.807, 2.05) is 61.7 Å². The van der Waals surface area contributed by atoms with Crippen molar-refractivity contribution >= 4 is 23.2 Å². The van der Waals surface area contributed by atoms with Gasteiger partial charge < -0.3 is 9.64 Å². The summed E-state index contributed by atoms with van der Waals surface area (Å²) < 4.78 is 5.49. The van der Waals surface area contributed by atoms with Crippen molar-refractivity contribution in [3.8, 4) is 10.6 Å². The second-order valence-corrected chi connectivity index (χ2v) is 8.51. The van der Waals surface area contributed by atoms with E-state index in [-0.39, 0.29) is 30.9 Å². The molecule has 6 heteroatoms. The van der Waals surface area contributed by atoms with Gasteiger partial charge in [-0.05, 0) is 19.4 Å². The van der Waals surface area contributed by atoms with E-state index in [0.29, 0.717) is 6.54 Å². The number of rotatable bonds is 6. The standard InChI is InChI=1S/C24H24N2O3S/c1-16-8-10-19(11-9-16)23-25-21(15-30-23)14-29-24(28)20-12-22(27)26(13-20)17(2)18-6-4-3-5-7-18/h3-11,15,17,20H,12-14H2,1-2H3/t17-,20-/m0/s1. The molecule has 0 saturated carbocycles. The summed E-state index contributed by atoms with van der Waals surface area (Å²) in [6.07, 6.45) is 0.196. The van der Waals surface area contributed by atoms with Crippen molar-refractivity contribution in [1.29, 1.82) is 0 Å². The Labute approximate surface area is 180 Å². The number of aryl methyl sites for hydroxylation is 1. The van der Waals surface area contributed by atoms with Gasteiger partial charge in [0, 0.05) is 23.9 Å². The maximum absolute atomic E-state index is 12.6. The Hall–Kier alpha value is -2.99. The van der Waals surface area contributed by atoms with Gasteiger partial charge in [-0.25, -0.2) is 4.98 Å². The molecule has 1 aliphatic heterocycles. The number of hydrogen-bond acceptors (Lipinski definition) is 5. The number of likely N-dealkylation sites (tertiary alicyclic amines) is 1. The fraction of sp³-hybridized carbons (Fsp3) is 0.292. The Morgan fingerprint density at radius 1 is 1.20 bits per heavy atom. The predicted molar refractivity (Wildman–Crippen MR) is 117 cm³/mol. The van der Waals surface area contributed by atoms with E-state index in [1.165, 1.54) is 16.9 Å². The van der Waals surface area contributed by atoms with Crippen LogP contribution in [0.1, 0.15) is 36.2 Å². The van der Waals surface area contributed by atoms with Crippen LogP contribution in [0.15, 0.2) is 60.0 Å². The zero-order chi connectivity index (χ0) is 21.1. The van der Waals surface area contributed by atoms with Crippen molar-refractivity contribution < 1.29 is 14.3 Å². The van der Waals surface area contributed by atoms with Gasteiger partial charge in [0.15, 0.2) is 0 Å². The lowest BCUT2D eigenvalue weighted by Crippen LogP contribution is -2.29. The van der Waals surface area contributed by atoms with Gasteiger partial charge in [-0.3, -0.25) is 9.59 Å². The van der Waals surface area contributed by atoms with E-state index >= 15 is 0 Å². The first-order valence-electron chi connectivity index (χ1n) is 10.0. The third-order valence-electron chi connectivity index (χ3n) is 5.45. The monoisotopic (exact) mass is 420 g/mol. The zero-order valence-corrected chi connectivity index (χ0v) is 17.9. The van der Waals surface area contributed by atoms with Crippen molar-refractivity contribution in [2.75, 3.05) is 6.54 Å². The van der Waals surface area contributed by atoms with Crippen molar-refractivity contribution in [2.45, 2.75) is 32.9 Å². The van der Waals surface area contributed by atoms with Crippen LogP contribution in [0.4, 0.5) is 0 Å². The summed E-state index contributed by atoms with van der Waals surface area (Å²) in [7, 11) is 0. The lowest BCUT2D eigenvalue weighted by molar-refractivity contribution is -0.149. The van der Waals surface area contributed by atoms with Crippen LogP contribution in [0, 0.1) is 12.8 Å². The van der Waals surface area contributed by atoms with Gasteiger partial charge in [0.25, 0.3) is 0 Å².